The van der Waals surface area contributed by atoms with Crippen molar-refractivity contribution in [2.24, 2.45) is 5.92 Å². The molecule has 3 rings (SSSR count). The summed E-state index contributed by atoms with van der Waals surface area (Å²) in [4.78, 5) is 0. The molecule has 0 radical (unpaired) electrons. The molecule has 0 saturated carbocycles. The van der Waals surface area contributed by atoms with Crippen LogP contribution in [0.4, 0.5) is 0 Å². The molecule has 21 heavy (non-hydrogen) atoms. The van der Waals surface area contributed by atoms with Crippen LogP contribution >= 0.6 is 0 Å². The fourth-order valence-electron chi connectivity index (χ4n) is 2.55. The van der Waals surface area contributed by atoms with E-state index in [2.05, 4.69) is 10.2 Å². The Morgan fingerprint density at radius 3 is 2.71 bits per heavy atom. The molecule has 0 spiro atoms. The van der Waals surface area contributed by atoms with Crippen LogP contribution in [-0.4, -0.2) is 42.3 Å². The van der Waals surface area contributed by atoms with Gasteiger partial charge in [0.25, 0.3) is 0 Å². The summed E-state index contributed by atoms with van der Waals surface area (Å²) in [5.41, 5.74) is 0.889. The second-order valence-corrected chi connectivity index (χ2v) is 7.33. The smallest absolute Gasteiger partial charge is 0.247 e. The molecule has 0 bridgehead atoms. The predicted octanol–water partition coefficient (Wildman–Crippen LogP) is 1.56. The summed E-state index contributed by atoms with van der Waals surface area (Å²) in [6.45, 7) is 1.10. The summed E-state index contributed by atoms with van der Waals surface area (Å²) in [6, 6.07) is 9.59. The fourth-order valence-corrected chi connectivity index (χ4v) is 3.46. The van der Waals surface area contributed by atoms with Crippen LogP contribution in [-0.2, 0) is 16.4 Å². The average Bonchev–Trinajstić information content (AvgIpc) is 3.09. The lowest BCUT2D eigenvalue weighted by molar-refractivity contribution is 0.425. The molecule has 1 aromatic carbocycles. The Morgan fingerprint density at radius 1 is 1.29 bits per heavy atom. The Bertz CT molecular complexity index is 712. The molecule has 2 heterocycles. The highest BCUT2D eigenvalue weighted by Gasteiger charge is 2.29. The van der Waals surface area contributed by atoms with Gasteiger partial charge in [0, 0.05) is 25.1 Å². The molecular formula is C14H17N3O3S. The molecule has 0 amide bonds. The van der Waals surface area contributed by atoms with Gasteiger partial charge in [-0.05, 0) is 24.5 Å². The summed E-state index contributed by atoms with van der Waals surface area (Å²) in [6.07, 6.45) is 2.69. The first-order chi connectivity index (χ1) is 10.0. The molecule has 1 aliphatic heterocycles. The minimum absolute atomic E-state index is 0.240. The lowest BCUT2D eigenvalue weighted by atomic mass is 10.1. The molecule has 1 aliphatic rings. The zero-order valence-electron chi connectivity index (χ0n) is 11.8. The van der Waals surface area contributed by atoms with Crippen molar-refractivity contribution in [1.29, 1.82) is 0 Å². The predicted molar refractivity (Wildman–Crippen MR) is 78.0 cm³/mol. The minimum atomic E-state index is -3.10. The van der Waals surface area contributed by atoms with Gasteiger partial charge in [0.2, 0.25) is 21.8 Å². The van der Waals surface area contributed by atoms with Gasteiger partial charge in [-0.2, -0.15) is 0 Å². The number of hydrogen-bond acceptors (Lipinski definition) is 5. The molecule has 0 N–H and O–H groups in total. The van der Waals surface area contributed by atoms with Crippen molar-refractivity contribution in [3.8, 4) is 11.5 Å². The van der Waals surface area contributed by atoms with Crippen LogP contribution in [0.5, 0.6) is 0 Å². The van der Waals surface area contributed by atoms with Gasteiger partial charge in [0.05, 0.1) is 6.26 Å². The largest absolute Gasteiger partial charge is 0.421 e. The van der Waals surface area contributed by atoms with Crippen molar-refractivity contribution in [3.05, 3.63) is 36.2 Å². The summed E-state index contributed by atoms with van der Waals surface area (Å²) >= 11 is 0. The van der Waals surface area contributed by atoms with Crippen molar-refractivity contribution in [2.75, 3.05) is 19.3 Å². The van der Waals surface area contributed by atoms with Crippen molar-refractivity contribution in [3.63, 3.8) is 0 Å². The topological polar surface area (TPSA) is 76.3 Å². The quantitative estimate of drug-likeness (QED) is 0.857. The fraction of sp³-hybridized carbons (Fsp3) is 0.429. The molecule has 2 aromatic rings. The minimum Gasteiger partial charge on any atom is -0.421 e. The van der Waals surface area contributed by atoms with Gasteiger partial charge in [-0.3, -0.25) is 0 Å². The molecule has 7 heteroatoms. The molecule has 1 atom stereocenters. The first-order valence-electron chi connectivity index (χ1n) is 6.85. The van der Waals surface area contributed by atoms with Crippen LogP contribution in [0.15, 0.2) is 34.7 Å². The zero-order valence-corrected chi connectivity index (χ0v) is 12.6. The third-order valence-electron chi connectivity index (χ3n) is 3.67. The molecule has 1 aromatic heterocycles. The standard InChI is InChI=1S/C14H17N3O3S/c1-21(18,19)17-8-7-11(10-17)9-13-15-16-14(20-13)12-5-3-2-4-6-12/h2-6,11H,7-10H2,1H3. The lowest BCUT2D eigenvalue weighted by Gasteiger charge is -2.12. The van der Waals surface area contributed by atoms with E-state index in [0.717, 1.165) is 12.0 Å². The Labute approximate surface area is 123 Å². The van der Waals surface area contributed by atoms with E-state index in [1.807, 2.05) is 30.3 Å². The van der Waals surface area contributed by atoms with E-state index in [0.29, 0.717) is 31.3 Å². The zero-order chi connectivity index (χ0) is 14.9. The van der Waals surface area contributed by atoms with Gasteiger partial charge in [0.15, 0.2) is 0 Å². The van der Waals surface area contributed by atoms with Crippen LogP contribution in [0.25, 0.3) is 11.5 Å². The van der Waals surface area contributed by atoms with Gasteiger partial charge in [0.1, 0.15) is 0 Å². The van der Waals surface area contributed by atoms with E-state index in [4.69, 9.17) is 4.42 Å². The number of aromatic nitrogens is 2. The van der Waals surface area contributed by atoms with Gasteiger partial charge >= 0.3 is 0 Å². The SMILES string of the molecule is CS(=O)(=O)N1CCC(Cc2nnc(-c3ccccc3)o2)C1. The first-order valence-corrected chi connectivity index (χ1v) is 8.70. The third kappa shape index (κ3) is 3.30. The average molecular weight is 307 g/mol. The second kappa shape index (κ2) is 5.57. The third-order valence-corrected chi connectivity index (χ3v) is 4.94. The van der Waals surface area contributed by atoms with Gasteiger partial charge in [-0.25, -0.2) is 12.7 Å². The monoisotopic (exact) mass is 307 g/mol. The Morgan fingerprint density at radius 2 is 2.05 bits per heavy atom. The second-order valence-electron chi connectivity index (χ2n) is 5.35. The number of sulfonamides is 1. The summed E-state index contributed by atoms with van der Waals surface area (Å²) in [5, 5.41) is 8.11. The van der Waals surface area contributed by atoms with Crippen molar-refractivity contribution in [2.45, 2.75) is 12.8 Å². The van der Waals surface area contributed by atoms with E-state index in [1.54, 1.807) is 0 Å². The Kier molecular flexibility index (Phi) is 3.77. The highest BCUT2D eigenvalue weighted by molar-refractivity contribution is 7.88. The number of rotatable bonds is 4. The number of benzene rings is 1. The van der Waals surface area contributed by atoms with Gasteiger partial charge < -0.3 is 4.42 Å². The van der Waals surface area contributed by atoms with Crippen LogP contribution in [0.2, 0.25) is 0 Å². The van der Waals surface area contributed by atoms with Crippen LogP contribution in [0.3, 0.4) is 0 Å². The summed E-state index contributed by atoms with van der Waals surface area (Å²) in [5.74, 6) is 1.31. The van der Waals surface area contributed by atoms with Crippen LogP contribution < -0.4 is 0 Å². The molecule has 1 unspecified atom stereocenters. The molecular weight excluding hydrogens is 290 g/mol. The van der Waals surface area contributed by atoms with Crippen molar-refractivity contribution < 1.29 is 12.8 Å². The van der Waals surface area contributed by atoms with E-state index >= 15 is 0 Å². The van der Waals surface area contributed by atoms with Gasteiger partial charge in [-0.1, -0.05) is 18.2 Å². The molecule has 1 fully saturated rings. The first kappa shape index (κ1) is 14.2. The van der Waals surface area contributed by atoms with Crippen LogP contribution in [0, 0.1) is 5.92 Å². The molecule has 6 nitrogen and oxygen atoms in total. The van der Waals surface area contributed by atoms with Crippen molar-refractivity contribution in [1.82, 2.24) is 14.5 Å². The molecule has 112 valence electrons. The lowest BCUT2D eigenvalue weighted by Crippen LogP contribution is -2.27. The van der Waals surface area contributed by atoms with Gasteiger partial charge in [-0.15, -0.1) is 10.2 Å². The molecule has 0 aliphatic carbocycles. The summed E-state index contributed by atoms with van der Waals surface area (Å²) < 4.78 is 30.2. The summed E-state index contributed by atoms with van der Waals surface area (Å²) in [7, 11) is -3.10. The number of hydrogen-bond donors (Lipinski definition) is 0. The maximum Gasteiger partial charge on any atom is 0.247 e. The Hall–Kier alpha value is -1.73. The maximum absolute atomic E-state index is 11.5. The van der Waals surface area contributed by atoms with Crippen LogP contribution in [0.1, 0.15) is 12.3 Å². The normalized spacial score (nSPS) is 20.0. The number of nitrogens with zero attached hydrogens (tertiary/aromatic N) is 3. The maximum atomic E-state index is 11.5. The van der Waals surface area contributed by atoms with E-state index in [9.17, 15) is 8.42 Å². The van der Waals surface area contributed by atoms with E-state index in [-0.39, 0.29) is 5.92 Å². The highest BCUT2D eigenvalue weighted by atomic mass is 32.2. The highest BCUT2D eigenvalue weighted by Crippen LogP contribution is 2.24. The van der Waals surface area contributed by atoms with Crippen molar-refractivity contribution >= 4 is 10.0 Å². The van der Waals surface area contributed by atoms with E-state index in [1.165, 1.54) is 10.6 Å². The Balaban J connectivity index is 1.66. The molecule has 1 saturated heterocycles. The van der Waals surface area contributed by atoms with E-state index < -0.39 is 10.0 Å².